The van der Waals surface area contributed by atoms with Crippen LogP contribution >= 0.6 is 0 Å². The number of benzene rings is 1. The van der Waals surface area contributed by atoms with Crippen molar-refractivity contribution in [3.63, 3.8) is 0 Å². The topological polar surface area (TPSA) is 103 Å². The summed E-state index contributed by atoms with van der Waals surface area (Å²) in [5.74, 6) is -1.01. The van der Waals surface area contributed by atoms with Gasteiger partial charge in [0.1, 0.15) is 11.4 Å². The molecule has 9 nitrogen and oxygen atoms in total. The molecular formula is C18H22N2O7. The van der Waals surface area contributed by atoms with Crippen LogP contribution in [-0.4, -0.2) is 69.9 Å². The van der Waals surface area contributed by atoms with E-state index in [9.17, 15) is 14.4 Å². The van der Waals surface area contributed by atoms with Crippen LogP contribution < -0.4 is 10.1 Å². The minimum atomic E-state index is -0.711. The van der Waals surface area contributed by atoms with Gasteiger partial charge in [-0.1, -0.05) is 0 Å². The fourth-order valence-corrected chi connectivity index (χ4v) is 2.27. The fraction of sp³-hybridized carbons (Fsp3) is 0.389. The SMILES string of the molecule is COC(=O)/C=C(/Nc1ccc(OCC(=O)N2CCOCC2)cc1)C(=O)OC. The predicted octanol–water partition coefficient (Wildman–Crippen LogP) is 0.566. The van der Waals surface area contributed by atoms with Crippen molar-refractivity contribution in [2.24, 2.45) is 0 Å². The summed E-state index contributed by atoms with van der Waals surface area (Å²) >= 11 is 0. The molecule has 1 aromatic carbocycles. The molecule has 1 amide bonds. The van der Waals surface area contributed by atoms with Gasteiger partial charge in [0, 0.05) is 18.8 Å². The number of esters is 2. The van der Waals surface area contributed by atoms with Crippen molar-refractivity contribution in [2.45, 2.75) is 0 Å². The fourth-order valence-electron chi connectivity index (χ4n) is 2.27. The summed E-state index contributed by atoms with van der Waals surface area (Å²) in [6.07, 6.45) is 0.997. The number of carbonyl (C=O) groups is 3. The average Bonchev–Trinajstić information content (AvgIpc) is 2.72. The maximum Gasteiger partial charge on any atom is 0.354 e. The molecule has 0 saturated carbocycles. The highest BCUT2D eigenvalue weighted by Gasteiger charge is 2.17. The number of nitrogens with zero attached hydrogens (tertiary/aromatic N) is 1. The molecule has 1 fully saturated rings. The van der Waals surface area contributed by atoms with E-state index in [1.54, 1.807) is 29.2 Å². The summed E-state index contributed by atoms with van der Waals surface area (Å²) < 4.78 is 19.8. The molecule has 0 atom stereocenters. The number of rotatable bonds is 7. The van der Waals surface area contributed by atoms with E-state index in [2.05, 4.69) is 14.8 Å². The molecule has 1 aliphatic heterocycles. The first-order valence-corrected chi connectivity index (χ1v) is 8.27. The lowest BCUT2D eigenvalue weighted by Crippen LogP contribution is -2.42. The number of hydrogen-bond acceptors (Lipinski definition) is 8. The summed E-state index contributed by atoms with van der Waals surface area (Å²) in [5.41, 5.74) is 0.461. The Morgan fingerprint density at radius 3 is 2.37 bits per heavy atom. The van der Waals surface area contributed by atoms with Gasteiger partial charge in [0.2, 0.25) is 0 Å². The van der Waals surface area contributed by atoms with Crippen molar-refractivity contribution in [3.8, 4) is 5.75 Å². The zero-order valence-electron chi connectivity index (χ0n) is 15.2. The first kappa shape index (κ1) is 20.2. The highest BCUT2D eigenvalue weighted by Crippen LogP contribution is 2.18. The normalized spacial score (nSPS) is 14.3. The molecule has 0 aromatic heterocycles. The number of anilines is 1. The molecule has 1 saturated heterocycles. The van der Waals surface area contributed by atoms with Gasteiger partial charge in [0.25, 0.3) is 5.91 Å². The van der Waals surface area contributed by atoms with Gasteiger partial charge >= 0.3 is 11.9 Å². The Morgan fingerprint density at radius 2 is 1.78 bits per heavy atom. The molecule has 1 heterocycles. The average molecular weight is 378 g/mol. The first-order chi connectivity index (χ1) is 13.0. The summed E-state index contributed by atoms with van der Waals surface area (Å²) in [4.78, 5) is 36.8. The van der Waals surface area contributed by atoms with Crippen LogP contribution in [0.1, 0.15) is 0 Å². The van der Waals surface area contributed by atoms with E-state index < -0.39 is 11.9 Å². The molecule has 9 heteroatoms. The van der Waals surface area contributed by atoms with Gasteiger partial charge in [-0.25, -0.2) is 9.59 Å². The molecule has 0 spiro atoms. The van der Waals surface area contributed by atoms with E-state index in [-0.39, 0.29) is 18.2 Å². The van der Waals surface area contributed by atoms with Crippen molar-refractivity contribution in [3.05, 3.63) is 36.0 Å². The van der Waals surface area contributed by atoms with Crippen LogP contribution in [-0.2, 0) is 28.6 Å². The first-order valence-electron chi connectivity index (χ1n) is 8.27. The second kappa shape index (κ2) is 10.2. The third-order valence-corrected chi connectivity index (χ3v) is 3.73. The third-order valence-electron chi connectivity index (χ3n) is 3.73. The Morgan fingerprint density at radius 1 is 1.11 bits per heavy atom. The van der Waals surface area contributed by atoms with E-state index >= 15 is 0 Å². The summed E-state index contributed by atoms with van der Waals surface area (Å²) in [5, 5.41) is 2.78. The van der Waals surface area contributed by atoms with E-state index in [1.807, 2.05) is 0 Å². The van der Waals surface area contributed by atoms with E-state index in [4.69, 9.17) is 9.47 Å². The van der Waals surface area contributed by atoms with Gasteiger partial charge in [-0.05, 0) is 24.3 Å². The van der Waals surface area contributed by atoms with E-state index in [0.717, 1.165) is 6.08 Å². The molecule has 1 aliphatic rings. The van der Waals surface area contributed by atoms with Crippen molar-refractivity contribution in [1.82, 2.24) is 4.90 Å². The number of amides is 1. The van der Waals surface area contributed by atoms with Gasteiger partial charge < -0.3 is 29.2 Å². The largest absolute Gasteiger partial charge is 0.484 e. The van der Waals surface area contributed by atoms with Gasteiger partial charge in [-0.15, -0.1) is 0 Å². The Bertz CT molecular complexity index is 694. The number of morpholine rings is 1. The maximum absolute atomic E-state index is 12.1. The van der Waals surface area contributed by atoms with Crippen LogP contribution in [0.3, 0.4) is 0 Å². The standard InChI is InChI=1S/C18H22N2O7/c1-24-17(22)11-15(18(23)25-2)19-13-3-5-14(6-4-13)27-12-16(21)20-7-9-26-10-8-20/h3-6,11,19H,7-10,12H2,1-2H3/b15-11+. The minimum Gasteiger partial charge on any atom is -0.484 e. The van der Waals surface area contributed by atoms with Crippen LogP contribution in [0, 0.1) is 0 Å². The Kier molecular flexibility index (Phi) is 7.63. The molecule has 146 valence electrons. The number of ether oxygens (including phenoxy) is 4. The molecule has 0 radical (unpaired) electrons. The number of nitrogens with one attached hydrogen (secondary N) is 1. The second-order valence-corrected chi connectivity index (χ2v) is 5.50. The number of hydrogen-bond donors (Lipinski definition) is 1. The van der Waals surface area contributed by atoms with Crippen LogP contribution in [0.25, 0.3) is 0 Å². The zero-order valence-corrected chi connectivity index (χ0v) is 15.2. The Balaban J connectivity index is 1.93. The molecule has 1 N–H and O–H groups in total. The number of methoxy groups -OCH3 is 2. The number of carbonyl (C=O) groups excluding carboxylic acids is 3. The molecular weight excluding hydrogens is 356 g/mol. The lowest BCUT2D eigenvalue weighted by Gasteiger charge is -2.26. The zero-order chi connectivity index (χ0) is 19.6. The molecule has 0 bridgehead atoms. The summed E-state index contributed by atoms with van der Waals surface area (Å²) in [7, 11) is 2.41. The lowest BCUT2D eigenvalue weighted by atomic mass is 10.2. The van der Waals surface area contributed by atoms with Crippen molar-refractivity contribution >= 4 is 23.5 Å². The Labute approximate surface area is 156 Å². The molecule has 1 aromatic rings. The van der Waals surface area contributed by atoms with Crippen molar-refractivity contribution in [1.29, 1.82) is 0 Å². The van der Waals surface area contributed by atoms with Crippen molar-refractivity contribution in [2.75, 3.05) is 52.4 Å². The highest BCUT2D eigenvalue weighted by molar-refractivity contribution is 5.98. The molecule has 0 unspecified atom stereocenters. The second-order valence-electron chi connectivity index (χ2n) is 5.50. The van der Waals surface area contributed by atoms with Crippen LogP contribution in [0.5, 0.6) is 5.75 Å². The van der Waals surface area contributed by atoms with Crippen LogP contribution in [0.2, 0.25) is 0 Å². The third kappa shape index (κ3) is 6.30. The smallest absolute Gasteiger partial charge is 0.354 e. The molecule has 0 aliphatic carbocycles. The van der Waals surface area contributed by atoms with Gasteiger partial charge in [-0.3, -0.25) is 4.79 Å². The monoisotopic (exact) mass is 378 g/mol. The van der Waals surface area contributed by atoms with E-state index in [0.29, 0.717) is 37.7 Å². The molecule has 2 rings (SSSR count). The predicted molar refractivity (Wildman–Crippen MR) is 95.1 cm³/mol. The lowest BCUT2D eigenvalue weighted by molar-refractivity contribution is -0.138. The van der Waals surface area contributed by atoms with Gasteiger partial charge in [0.15, 0.2) is 6.61 Å². The summed E-state index contributed by atoms with van der Waals surface area (Å²) in [6.45, 7) is 2.13. The minimum absolute atomic E-state index is 0.0670. The van der Waals surface area contributed by atoms with Gasteiger partial charge in [0.05, 0.1) is 33.5 Å². The van der Waals surface area contributed by atoms with Gasteiger partial charge in [-0.2, -0.15) is 0 Å². The molecule has 27 heavy (non-hydrogen) atoms. The summed E-state index contributed by atoms with van der Waals surface area (Å²) in [6, 6.07) is 6.56. The van der Waals surface area contributed by atoms with E-state index in [1.165, 1.54) is 14.2 Å². The Hall–Kier alpha value is -3.07. The maximum atomic E-state index is 12.1. The highest BCUT2D eigenvalue weighted by atomic mass is 16.5. The van der Waals surface area contributed by atoms with Crippen LogP contribution in [0.15, 0.2) is 36.0 Å². The van der Waals surface area contributed by atoms with Crippen LogP contribution in [0.4, 0.5) is 5.69 Å². The quantitative estimate of drug-likeness (QED) is 0.542. The van der Waals surface area contributed by atoms with Crippen molar-refractivity contribution < 1.29 is 33.3 Å².